The number of para-hydroxylation sites is 4. The average molecular weight is 915 g/mol. The second-order valence-electron chi connectivity index (χ2n) is 18.4. The fourth-order valence-corrected chi connectivity index (χ4v) is 8.67. The van der Waals surface area contributed by atoms with Crippen molar-refractivity contribution in [2.45, 2.75) is 64.6 Å². The van der Waals surface area contributed by atoms with E-state index in [2.05, 4.69) is 49.7 Å². The summed E-state index contributed by atoms with van der Waals surface area (Å²) in [5.41, 5.74) is 2.66. The molecule has 2 atom stereocenters. The lowest BCUT2D eigenvalue weighted by Gasteiger charge is -2.39. The van der Waals surface area contributed by atoms with Gasteiger partial charge >= 0.3 is 0 Å². The van der Waals surface area contributed by atoms with Crippen LogP contribution in [0.15, 0.2) is 122 Å². The number of anilines is 2. The molecule has 16 nitrogen and oxygen atoms in total. The number of aliphatic hydroxyl groups is 2. The molecule has 2 aliphatic heterocycles. The maximum absolute atomic E-state index is 12.9. The number of fused-ring (bicyclic) bond motifs is 2. The number of imidazole rings is 2. The first-order valence-corrected chi connectivity index (χ1v) is 22.9. The van der Waals surface area contributed by atoms with Crippen molar-refractivity contribution < 1.29 is 29.3 Å². The minimum absolute atomic E-state index is 0.139. The van der Waals surface area contributed by atoms with E-state index in [4.69, 9.17) is 9.47 Å². The van der Waals surface area contributed by atoms with Crippen molar-refractivity contribution in [2.75, 3.05) is 36.0 Å². The summed E-state index contributed by atoms with van der Waals surface area (Å²) in [7, 11) is 0. The summed E-state index contributed by atoms with van der Waals surface area (Å²) >= 11 is 0. The zero-order valence-electron chi connectivity index (χ0n) is 38.5. The zero-order chi connectivity index (χ0) is 47.4. The van der Waals surface area contributed by atoms with Gasteiger partial charge in [-0.1, -0.05) is 24.3 Å². The monoisotopic (exact) mass is 914 g/mol. The summed E-state index contributed by atoms with van der Waals surface area (Å²) < 4.78 is 12.1. The second kappa shape index (κ2) is 19.3. The number of aromatic amines is 2. The van der Waals surface area contributed by atoms with Gasteiger partial charge in [-0.25, -0.2) is 29.9 Å². The number of rotatable bonds is 12. The lowest BCUT2D eigenvalue weighted by Crippen LogP contribution is -2.45. The van der Waals surface area contributed by atoms with Crippen LogP contribution in [-0.2, 0) is 0 Å². The molecular weight excluding hydrogens is 861 g/mol. The Hall–Kier alpha value is -7.56. The van der Waals surface area contributed by atoms with Crippen LogP contribution in [0.1, 0.15) is 85.7 Å². The number of hydrogen-bond acceptors (Lipinski definition) is 14. The molecule has 68 heavy (non-hydrogen) atoms. The molecular formula is C52H54N10O6. The van der Waals surface area contributed by atoms with E-state index in [1.54, 1.807) is 73.3 Å². The Balaban J connectivity index is 0.000000170. The summed E-state index contributed by atoms with van der Waals surface area (Å²) in [6.45, 7) is 10.4. The Morgan fingerprint density at radius 3 is 1.32 bits per heavy atom. The van der Waals surface area contributed by atoms with Crippen LogP contribution < -0.4 is 19.3 Å². The van der Waals surface area contributed by atoms with Gasteiger partial charge in [-0.3, -0.25) is 9.59 Å². The summed E-state index contributed by atoms with van der Waals surface area (Å²) in [5, 5.41) is 21.0. The third-order valence-corrected chi connectivity index (χ3v) is 12.6. The Morgan fingerprint density at radius 2 is 0.941 bits per heavy atom. The molecule has 4 aromatic carbocycles. The Kier molecular flexibility index (Phi) is 13.0. The molecule has 0 amide bonds. The first-order chi connectivity index (χ1) is 32.8. The smallest absolute Gasteiger partial charge is 0.263 e. The highest BCUT2D eigenvalue weighted by atomic mass is 16.5. The van der Waals surface area contributed by atoms with Gasteiger partial charge < -0.3 is 39.5 Å². The molecule has 2 fully saturated rings. The standard InChI is InChI=1S/2C26H27N5O3/c2*1-26(2,33)18-6-5-15-31(16-18)24-25(28-14-13-27-24)34-19-11-9-17(10-12-19)22(32)23-29-20-7-3-4-8-21(20)30-23/h2*3-4,7-14,18,33H,5-6,15-16H2,1-2H3,(H,29,30)/t18-;/m1./s1. The van der Waals surface area contributed by atoms with Crippen LogP contribution in [0.2, 0.25) is 0 Å². The number of carbonyl (C=O) groups is 2. The predicted octanol–water partition coefficient (Wildman–Crippen LogP) is 8.73. The number of nitrogens with one attached hydrogen (secondary N) is 2. The number of H-pyrrole nitrogens is 2. The molecule has 16 heteroatoms. The van der Waals surface area contributed by atoms with Crippen LogP contribution in [0.25, 0.3) is 22.1 Å². The third kappa shape index (κ3) is 10.4. The van der Waals surface area contributed by atoms with Crippen molar-refractivity contribution in [3.8, 4) is 23.3 Å². The number of benzene rings is 4. The first-order valence-electron chi connectivity index (χ1n) is 22.9. The van der Waals surface area contributed by atoms with Crippen molar-refractivity contribution in [3.63, 3.8) is 0 Å². The number of aromatic nitrogens is 8. The SMILES string of the molecule is CC(C)(O)C1CCCN(c2nccnc2Oc2ccc(C(=O)c3nc4ccccc4[nH]3)cc2)C1.CC(C)(O)[C@@H]1CCCN(c2nccnc2Oc2ccc(C(=O)c3nc4ccccc4[nH]3)cc2)C1. The third-order valence-electron chi connectivity index (χ3n) is 12.6. The van der Waals surface area contributed by atoms with Crippen LogP contribution >= 0.6 is 0 Å². The molecule has 0 radical (unpaired) electrons. The molecule has 4 N–H and O–H groups in total. The van der Waals surface area contributed by atoms with Crippen LogP contribution in [0, 0.1) is 11.8 Å². The normalized spacial score (nSPS) is 16.6. The van der Waals surface area contributed by atoms with Crippen molar-refractivity contribution >= 4 is 45.3 Å². The van der Waals surface area contributed by atoms with E-state index in [0.29, 0.717) is 70.8 Å². The molecule has 0 aliphatic carbocycles. The number of carbonyl (C=O) groups excluding carboxylic acids is 2. The van der Waals surface area contributed by atoms with E-state index >= 15 is 0 Å². The van der Waals surface area contributed by atoms with E-state index in [-0.39, 0.29) is 23.4 Å². The average Bonchev–Trinajstić information content (AvgIpc) is 4.00. The molecule has 4 aromatic heterocycles. The molecule has 1 unspecified atom stereocenters. The van der Waals surface area contributed by atoms with Crippen molar-refractivity contribution in [2.24, 2.45) is 11.8 Å². The minimum atomic E-state index is -0.760. The van der Waals surface area contributed by atoms with E-state index in [1.165, 1.54) is 0 Å². The fraction of sp³-hybridized carbons (Fsp3) is 0.308. The topological polar surface area (TPSA) is 208 Å². The Morgan fingerprint density at radius 1 is 0.559 bits per heavy atom. The maximum Gasteiger partial charge on any atom is 0.263 e. The largest absolute Gasteiger partial charge is 0.436 e. The fourth-order valence-electron chi connectivity index (χ4n) is 8.67. The number of piperidine rings is 2. The molecule has 0 bridgehead atoms. The van der Waals surface area contributed by atoms with Gasteiger partial charge in [0.05, 0.1) is 33.3 Å². The van der Waals surface area contributed by atoms with Gasteiger partial charge in [-0.05, 0) is 126 Å². The Labute approximate surface area is 393 Å². The summed E-state index contributed by atoms with van der Waals surface area (Å²) in [6, 6.07) is 28.9. The van der Waals surface area contributed by atoms with E-state index in [0.717, 1.165) is 60.8 Å². The maximum atomic E-state index is 12.9. The van der Waals surface area contributed by atoms with Gasteiger partial charge in [0.1, 0.15) is 11.5 Å². The number of ketones is 2. The van der Waals surface area contributed by atoms with Crippen LogP contribution in [0.5, 0.6) is 23.3 Å². The van der Waals surface area contributed by atoms with Gasteiger partial charge in [0.15, 0.2) is 23.3 Å². The van der Waals surface area contributed by atoms with Gasteiger partial charge in [0, 0.05) is 73.9 Å². The summed E-state index contributed by atoms with van der Waals surface area (Å²) in [5.74, 6) is 3.72. The lowest BCUT2D eigenvalue weighted by atomic mass is 9.84. The quantitative estimate of drug-likeness (QED) is 0.0846. The number of nitrogens with zero attached hydrogens (tertiary/aromatic N) is 8. The number of hydrogen-bond donors (Lipinski definition) is 4. The van der Waals surface area contributed by atoms with Crippen LogP contribution in [0.4, 0.5) is 11.6 Å². The predicted molar refractivity (Wildman–Crippen MR) is 259 cm³/mol. The molecule has 0 spiro atoms. The molecule has 2 aliphatic rings. The van der Waals surface area contributed by atoms with Gasteiger partial charge in [0.25, 0.3) is 11.8 Å². The van der Waals surface area contributed by atoms with E-state index < -0.39 is 11.2 Å². The van der Waals surface area contributed by atoms with Gasteiger partial charge in [0.2, 0.25) is 11.6 Å². The van der Waals surface area contributed by atoms with Crippen molar-refractivity contribution in [1.82, 2.24) is 39.9 Å². The Bertz CT molecular complexity index is 2760. The van der Waals surface area contributed by atoms with Crippen molar-refractivity contribution in [1.29, 1.82) is 0 Å². The highest BCUT2D eigenvalue weighted by Crippen LogP contribution is 2.36. The zero-order valence-corrected chi connectivity index (χ0v) is 38.5. The molecule has 8 aromatic rings. The number of ether oxygens (including phenoxy) is 2. The van der Waals surface area contributed by atoms with Crippen LogP contribution in [-0.4, -0.2) is 99.0 Å². The minimum Gasteiger partial charge on any atom is -0.436 e. The first kappa shape index (κ1) is 45.6. The summed E-state index contributed by atoms with van der Waals surface area (Å²) in [4.78, 5) is 62.7. The van der Waals surface area contributed by atoms with Gasteiger partial charge in [-0.15, -0.1) is 0 Å². The highest BCUT2D eigenvalue weighted by Gasteiger charge is 2.34. The lowest BCUT2D eigenvalue weighted by molar-refractivity contribution is 0.0105. The molecule has 2 saturated heterocycles. The molecule has 0 saturated carbocycles. The van der Waals surface area contributed by atoms with E-state index in [1.807, 2.05) is 76.2 Å². The summed E-state index contributed by atoms with van der Waals surface area (Å²) in [6.07, 6.45) is 10.3. The highest BCUT2D eigenvalue weighted by molar-refractivity contribution is 6.08. The molecule has 10 rings (SSSR count). The van der Waals surface area contributed by atoms with E-state index in [9.17, 15) is 19.8 Å². The van der Waals surface area contributed by atoms with Crippen LogP contribution in [0.3, 0.4) is 0 Å². The molecule has 348 valence electrons. The van der Waals surface area contributed by atoms with Crippen molar-refractivity contribution in [3.05, 3.63) is 145 Å². The molecule has 6 heterocycles. The van der Waals surface area contributed by atoms with Gasteiger partial charge in [-0.2, -0.15) is 0 Å². The second-order valence-corrected chi connectivity index (χ2v) is 18.4.